The molecule has 2 heteroatoms. The molecule has 0 N–H and O–H groups in total. The molecule has 0 radical (unpaired) electrons. The van der Waals surface area contributed by atoms with Crippen molar-refractivity contribution in [2.75, 3.05) is 0 Å². The Labute approximate surface area is 103 Å². The molecule has 90 valence electrons. The van der Waals surface area contributed by atoms with Crippen molar-refractivity contribution in [2.45, 2.75) is 38.5 Å². The van der Waals surface area contributed by atoms with E-state index < -0.39 is 0 Å². The van der Waals surface area contributed by atoms with Crippen LogP contribution in [0.25, 0.3) is 0 Å². The van der Waals surface area contributed by atoms with Gasteiger partial charge in [-0.3, -0.25) is 9.78 Å². The lowest BCUT2D eigenvalue weighted by Gasteiger charge is -2.27. The molecule has 0 bridgehead atoms. The van der Waals surface area contributed by atoms with Crippen LogP contribution in [0.4, 0.5) is 0 Å². The molecular formula is C15H19NO. The van der Waals surface area contributed by atoms with Crippen LogP contribution in [0.2, 0.25) is 0 Å². The van der Waals surface area contributed by atoms with E-state index in [4.69, 9.17) is 0 Å². The monoisotopic (exact) mass is 229 g/mol. The largest absolute Gasteiger partial charge is 0.299 e. The first kappa shape index (κ1) is 12.0. The zero-order chi connectivity index (χ0) is 11.9. The van der Waals surface area contributed by atoms with Crippen LogP contribution >= 0.6 is 0 Å². The second-order valence-corrected chi connectivity index (χ2v) is 4.61. The SMILES string of the molecule is O=C1CCC=C2CCCCC12.c1ccncc1. The zero-order valence-corrected chi connectivity index (χ0v) is 10.1. The van der Waals surface area contributed by atoms with Crippen LogP contribution in [-0.2, 0) is 4.79 Å². The third-order valence-electron chi connectivity index (χ3n) is 3.41. The third-order valence-corrected chi connectivity index (χ3v) is 3.41. The maximum atomic E-state index is 11.4. The van der Waals surface area contributed by atoms with Crippen molar-refractivity contribution in [1.82, 2.24) is 4.98 Å². The van der Waals surface area contributed by atoms with Crippen LogP contribution in [0.5, 0.6) is 0 Å². The fraction of sp³-hybridized carbons (Fsp3) is 0.467. The average molecular weight is 229 g/mol. The Morgan fingerprint density at radius 1 is 1.06 bits per heavy atom. The number of allylic oxidation sites excluding steroid dienone is 2. The fourth-order valence-corrected chi connectivity index (χ4v) is 2.54. The molecule has 17 heavy (non-hydrogen) atoms. The summed E-state index contributed by atoms with van der Waals surface area (Å²) in [5.74, 6) is 0.847. The standard InChI is InChI=1S/C10H14O.C5H5N/c11-10-7-3-5-8-4-1-2-6-9(8)10;1-2-4-6-5-3-1/h5,9H,1-4,6-7H2;1-5H. The summed E-state index contributed by atoms with van der Waals surface area (Å²) < 4.78 is 0. The summed E-state index contributed by atoms with van der Waals surface area (Å²) in [4.78, 5) is 15.2. The van der Waals surface area contributed by atoms with Gasteiger partial charge in [-0.1, -0.05) is 24.1 Å². The number of nitrogens with zero attached hydrogens (tertiary/aromatic N) is 1. The number of carbonyl (C=O) groups excluding carboxylic acids is 1. The van der Waals surface area contributed by atoms with E-state index in [0.29, 0.717) is 11.7 Å². The Morgan fingerprint density at radius 3 is 2.47 bits per heavy atom. The van der Waals surface area contributed by atoms with Gasteiger partial charge in [-0.05, 0) is 37.8 Å². The minimum atomic E-state index is 0.345. The van der Waals surface area contributed by atoms with Gasteiger partial charge >= 0.3 is 0 Å². The van der Waals surface area contributed by atoms with E-state index in [2.05, 4.69) is 11.1 Å². The van der Waals surface area contributed by atoms with Crippen molar-refractivity contribution in [3.63, 3.8) is 0 Å². The average Bonchev–Trinajstić information content (AvgIpc) is 2.42. The van der Waals surface area contributed by atoms with E-state index in [1.807, 2.05) is 18.2 Å². The number of pyridine rings is 1. The Hall–Kier alpha value is -1.44. The van der Waals surface area contributed by atoms with E-state index >= 15 is 0 Å². The third kappa shape index (κ3) is 3.52. The van der Waals surface area contributed by atoms with Gasteiger partial charge in [-0.25, -0.2) is 0 Å². The Bertz CT molecular complexity index is 356. The number of fused-ring (bicyclic) bond motifs is 1. The highest BCUT2D eigenvalue weighted by atomic mass is 16.1. The van der Waals surface area contributed by atoms with Gasteiger partial charge in [-0.2, -0.15) is 0 Å². The van der Waals surface area contributed by atoms with Crippen LogP contribution in [0.15, 0.2) is 42.2 Å². The normalized spacial score (nSPS) is 22.9. The van der Waals surface area contributed by atoms with Gasteiger partial charge in [0.2, 0.25) is 0 Å². The molecule has 1 aromatic rings. The topological polar surface area (TPSA) is 30.0 Å². The Balaban J connectivity index is 0.000000153. The maximum absolute atomic E-state index is 11.4. The summed E-state index contributed by atoms with van der Waals surface area (Å²) in [6.45, 7) is 0. The molecule has 0 saturated heterocycles. The highest BCUT2D eigenvalue weighted by molar-refractivity contribution is 5.85. The lowest BCUT2D eigenvalue weighted by molar-refractivity contribution is -0.122. The van der Waals surface area contributed by atoms with Crippen LogP contribution in [0.1, 0.15) is 38.5 Å². The molecule has 1 saturated carbocycles. The molecule has 1 fully saturated rings. The van der Waals surface area contributed by atoms with Crippen LogP contribution < -0.4 is 0 Å². The predicted octanol–water partition coefficient (Wildman–Crippen LogP) is 3.55. The van der Waals surface area contributed by atoms with Crippen molar-refractivity contribution >= 4 is 5.78 Å². The summed E-state index contributed by atoms with van der Waals surface area (Å²) in [5, 5.41) is 0. The van der Waals surface area contributed by atoms with Gasteiger partial charge in [0.25, 0.3) is 0 Å². The smallest absolute Gasteiger partial charge is 0.140 e. The molecule has 2 aliphatic carbocycles. The molecule has 0 spiro atoms. The van der Waals surface area contributed by atoms with Gasteiger partial charge in [0.1, 0.15) is 5.78 Å². The fourth-order valence-electron chi connectivity index (χ4n) is 2.54. The van der Waals surface area contributed by atoms with Crippen molar-refractivity contribution in [3.05, 3.63) is 42.2 Å². The number of ketones is 1. The lowest BCUT2D eigenvalue weighted by Crippen LogP contribution is -2.22. The highest BCUT2D eigenvalue weighted by Crippen LogP contribution is 2.34. The van der Waals surface area contributed by atoms with Gasteiger partial charge < -0.3 is 0 Å². The molecule has 2 nitrogen and oxygen atoms in total. The Morgan fingerprint density at radius 2 is 1.88 bits per heavy atom. The van der Waals surface area contributed by atoms with E-state index in [9.17, 15) is 4.79 Å². The van der Waals surface area contributed by atoms with E-state index in [1.54, 1.807) is 12.4 Å². The quantitative estimate of drug-likeness (QED) is 0.637. The molecule has 1 unspecified atom stereocenters. The first-order valence-corrected chi connectivity index (χ1v) is 6.44. The summed E-state index contributed by atoms with van der Waals surface area (Å²) >= 11 is 0. The molecular weight excluding hydrogens is 210 g/mol. The number of rotatable bonds is 0. The molecule has 1 atom stereocenters. The van der Waals surface area contributed by atoms with Crippen molar-refractivity contribution in [3.8, 4) is 0 Å². The van der Waals surface area contributed by atoms with Crippen molar-refractivity contribution in [2.24, 2.45) is 5.92 Å². The lowest BCUT2D eigenvalue weighted by atomic mass is 9.77. The molecule has 0 aliphatic heterocycles. The summed E-state index contributed by atoms with van der Waals surface area (Å²) in [7, 11) is 0. The summed E-state index contributed by atoms with van der Waals surface area (Å²) in [6, 6.07) is 5.72. The summed E-state index contributed by atoms with van der Waals surface area (Å²) in [6.07, 6.45) is 12.5. The zero-order valence-electron chi connectivity index (χ0n) is 10.1. The van der Waals surface area contributed by atoms with E-state index in [0.717, 1.165) is 19.3 Å². The molecule has 0 amide bonds. The van der Waals surface area contributed by atoms with Gasteiger partial charge in [0.05, 0.1) is 0 Å². The molecule has 3 rings (SSSR count). The minimum Gasteiger partial charge on any atom is -0.299 e. The second-order valence-electron chi connectivity index (χ2n) is 4.61. The number of hydrogen-bond acceptors (Lipinski definition) is 2. The maximum Gasteiger partial charge on any atom is 0.140 e. The summed E-state index contributed by atoms with van der Waals surface area (Å²) in [5.41, 5.74) is 1.45. The van der Waals surface area contributed by atoms with Crippen LogP contribution in [0.3, 0.4) is 0 Å². The first-order chi connectivity index (χ1) is 8.38. The molecule has 2 aliphatic rings. The van der Waals surface area contributed by atoms with Crippen LogP contribution in [0, 0.1) is 5.92 Å². The van der Waals surface area contributed by atoms with E-state index in [-0.39, 0.29) is 0 Å². The van der Waals surface area contributed by atoms with Gasteiger partial charge in [-0.15, -0.1) is 0 Å². The minimum absolute atomic E-state index is 0.345. The first-order valence-electron chi connectivity index (χ1n) is 6.44. The number of carbonyl (C=O) groups is 1. The van der Waals surface area contributed by atoms with E-state index in [1.165, 1.54) is 24.8 Å². The predicted molar refractivity (Wildman–Crippen MR) is 68.5 cm³/mol. The molecule has 1 aromatic heterocycles. The van der Waals surface area contributed by atoms with Gasteiger partial charge in [0, 0.05) is 24.7 Å². The van der Waals surface area contributed by atoms with Crippen LogP contribution in [-0.4, -0.2) is 10.8 Å². The molecule has 0 aromatic carbocycles. The number of Topliss-reactive ketones (excluding diaryl/α,β-unsaturated/α-hetero) is 1. The van der Waals surface area contributed by atoms with Crippen molar-refractivity contribution in [1.29, 1.82) is 0 Å². The number of aromatic nitrogens is 1. The number of hydrogen-bond donors (Lipinski definition) is 0. The Kier molecular flexibility index (Phi) is 4.48. The van der Waals surface area contributed by atoms with Gasteiger partial charge in [0.15, 0.2) is 0 Å². The molecule has 1 heterocycles. The highest BCUT2D eigenvalue weighted by Gasteiger charge is 2.27. The second kappa shape index (κ2) is 6.33. The van der Waals surface area contributed by atoms with Crippen molar-refractivity contribution < 1.29 is 4.79 Å².